The summed E-state index contributed by atoms with van der Waals surface area (Å²) >= 11 is 1.30. The monoisotopic (exact) mass is 420 g/mol. The molecule has 10 heteroatoms. The van der Waals surface area contributed by atoms with Crippen LogP contribution in [0.25, 0.3) is 0 Å². The molecule has 1 aliphatic heterocycles. The van der Waals surface area contributed by atoms with Crippen LogP contribution >= 0.6 is 11.3 Å². The Morgan fingerprint density at radius 3 is 2.69 bits per heavy atom. The van der Waals surface area contributed by atoms with Crippen molar-refractivity contribution in [1.29, 1.82) is 0 Å². The second kappa shape index (κ2) is 7.36. The van der Waals surface area contributed by atoms with Gasteiger partial charge in [0.15, 0.2) is 0 Å². The van der Waals surface area contributed by atoms with E-state index in [2.05, 4.69) is 15.3 Å². The lowest BCUT2D eigenvalue weighted by molar-refractivity contribution is -0.138. The van der Waals surface area contributed by atoms with E-state index in [1.807, 2.05) is 0 Å². The third-order valence-electron chi connectivity index (χ3n) is 4.67. The Hall–Kier alpha value is -3.14. The zero-order valence-electron chi connectivity index (χ0n) is 15.1. The molecule has 0 fully saturated rings. The standard InChI is InChI=1S/C19H15F3N4O2S/c1-28-16-7-12-6-14(11-2-4-23-5-3-11)26(15(12)8-13(16)19(20,21)22)18(27)25-17-9-29-10-24-17/h2-5,7-10,14H,6H2,1H3,(H,25,27). The number of urea groups is 1. The minimum absolute atomic E-state index is 0.188. The highest BCUT2D eigenvalue weighted by atomic mass is 32.1. The number of halogens is 3. The Bertz CT molecular complexity index is 1030. The largest absolute Gasteiger partial charge is 0.496 e. The van der Waals surface area contributed by atoms with Gasteiger partial charge < -0.3 is 4.74 Å². The van der Waals surface area contributed by atoms with Crippen molar-refractivity contribution < 1.29 is 22.7 Å². The van der Waals surface area contributed by atoms with E-state index in [0.29, 0.717) is 17.8 Å². The van der Waals surface area contributed by atoms with Gasteiger partial charge in [-0.25, -0.2) is 9.78 Å². The molecule has 1 atom stereocenters. The Balaban J connectivity index is 1.81. The van der Waals surface area contributed by atoms with E-state index in [-0.39, 0.29) is 11.4 Å². The van der Waals surface area contributed by atoms with Gasteiger partial charge in [-0.05, 0) is 41.8 Å². The van der Waals surface area contributed by atoms with Crippen LogP contribution in [0.15, 0.2) is 47.5 Å². The van der Waals surface area contributed by atoms with Crippen LogP contribution in [0, 0.1) is 0 Å². The van der Waals surface area contributed by atoms with Crippen molar-refractivity contribution in [2.45, 2.75) is 18.6 Å². The first-order valence-electron chi connectivity index (χ1n) is 8.55. The van der Waals surface area contributed by atoms with Gasteiger partial charge in [0.05, 0.1) is 29.9 Å². The summed E-state index contributed by atoms with van der Waals surface area (Å²) in [5.41, 5.74) is 2.16. The van der Waals surface area contributed by atoms with Gasteiger partial charge in [0.25, 0.3) is 0 Å². The number of pyridine rings is 1. The van der Waals surface area contributed by atoms with Gasteiger partial charge in [-0.15, -0.1) is 11.3 Å². The number of thiazole rings is 1. The topological polar surface area (TPSA) is 67.3 Å². The molecule has 29 heavy (non-hydrogen) atoms. The molecule has 2 aromatic heterocycles. The van der Waals surface area contributed by atoms with Gasteiger partial charge >= 0.3 is 12.2 Å². The predicted octanol–water partition coefficient (Wildman–Crippen LogP) is 4.90. The van der Waals surface area contributed by atoms with Crippen molar-refractivity contribution in [2.24, 2.45) is 0 Å². The van der Waals surface area contributed by atoms with Crippen molar-refractivity contribution >= 4 is 28.9 Å². The summed E-state index contributed by atoms with van der Waals surface area (Å²) in [4.78, 5) is 22.3. The van der Waals surface area contributed by atoms with Gasteiger partial charge in [0.1, 0.15) is 11.6 Å². The van der Waals surface area contributed by atoms with Crippen LogP contribution in [0.4, 0.5) is 29.5 Å². The fraction of sp³-hybridized carbons (Fsp3) is 0.211. The number of hydrogen-bond donors (Lipinski definition) is 1. The van der Waals surface area contributed by atoms with E-state index >= 15 is 0 Å². The molecule has 150 valence electrons. The number of nitrogens with zero attached hydrogens (tertiary/aromatic N) is 3. The van der Waals surface area contributed by atoms with Gasteiger partial charge in [0, 0.05) is 17.8 Å². The minimum atomic E-state index is -4.62. The molecule has 1 aromatic carbocycles. The first-order chi connectivity index (χ1) is 13.9. The summed E-state index contributed by atoms with van der Waals surface area (Å²) in [6.45, 7) is 0. The highest BCUT2D eigenvalue weighted by molar-refractivity contribution is 7.07. The quantitative estimate of drug-likeness (QED) is 0.654. The smallest absolute Gasteiger partial charge is 0.420 e. The van der Waals surface area contributed by atoms with Gasteiger partial charge in [0.2, 0.25) is 0 Å². The molecule has 6 nitrogen and oxygen atoms in total. The van der Waals surface area contributed by atoms with Gasteiger partial charge in [-0.2, -0.15) is 13.2 Å². The Kier molecular flexibility index (Phi) is 4.87. The lowest BCUT2D eigenvalue weighted by Crippen LogP contribution is -2.36. The molecular formula is C19H15F3N4O2S. The van der Waals surface area contributed by atoms with E-state index in [1.165, 1.54) is 29.4 Å². The van der Waals surface area contributed by atoms with Crippen LogP contribution in [-0.4, -0.2) is 23.1 Å². The van der Waals surface area contributed by atoms with E-state index < -0.39 is 23.8 Å². The number of carbonyl (C=O) groups excluding carboxylic acids is 1. The number of aromatic nitrogens is 2. The molecule has 0 saturated carbocycles. The summed E-state index contributed by atoms with van der Waals surface area (Å²) in [7, 11) is 1.19. The second-order valence-corrected chi connectivity index (χ2v) is 7.07. The predicted molar refractivity (Wildman–Crippen MR) is 102 cm³/mol. The number of methoxy groups -OCH3 is 1. The molecule has 0 spiro atoms. The van der Waals surface area contributed by atoms with E-state index in [0.717, 1.165) is 11.6 Å². The molecular weight excluding hydrogens is 405 g/mol. The Morgan fingerprint density at radius 2 is 2.07 bits per heavy atom. The van der Waals surface area contributed by atoms with Crippen molar-refractivity contribution in [2.75, 3.05) is 17.3 Å². The van der Waals surface area contributed by atoms with Gasteiger partial charge in [-0.1, -0.05) is 0 Å². The number of anilines is 2. The molecule has 0 bridgehead atoms. The van der Waals surface area contributed by atoms with E-state index in [1.54, 1.807) is 35.4 Å². The maximum absolute atomic E-state index is 13.5. The second-order valence-electron chi connectivity index (χ2n) is 6.35. The molecule has 3 heterocycles. The zero-order chi connectivity index (χ0) is 20.6. The highest BCUT2D eigenvalue weighted by Crippen LogP contribution is 2.47. The van der Waals surface area contributed by atoms with Crippen molar-refractivity contribution in [1.82, 2.24) is 9.97 Å². The number of ether oxygens (including phenoxy) is 1. The van der Waals surface area contributed by atoms with Crippen molar-refractivity contribution in [3.63, 3.8) is 0 Å². The number of benzene rings is 1. The average Bonchev–Trinajstić information content (AvgIpc) is 3.33. The number of carbonyl (C=O) groups is 1. The van der Waals surface area contributed by atoms with Gasteiger partial charge in [-0.3, -0.25) is 15.2 Å². The SMILES string of the molecule is COc1cc2c(cc1C(F)(F)F)N(C(=O)Nc1cscn1)C(c1ccncc1)C2. The lowest BCUT2D eigenvalue weighted by Gasteiger charge is -2.26. The van der Waals surface area contributed by atoms with Crippen LogP contribution < -0.4 is 15.0 Å². The van der Waals surface area contributed by atoms with E-state index in [9.17, 15) is 18.0 Å². The first kappa shape index (κ1) is 19.2. The number of nitrogens with one attached hydrogen (secondary N) is 1. The first-order valence-corrected chi connectivity index (χ1v) is 9.49. The fourth-order valence-electron chi connectivity index (χ4n) is 3.40. The molecule has 2 amide bonds. The Labute approximate surface area is 168 Å². The lowest BCUT2D eigenvalue weighted by atomic mass is 10.0. The normalized spacial score (nSPS) is 15.9. The molecule has 1 N–H and O–H groups in total. The minimum Gasteiger partial charge on any atom is -0.496 e. The zero-order valence-corrected chi connectivity index (χ0v) is 15.9. The van der Waals surface area contributed by atoms with Crippen LogP contribution in [0.5, 0.6) is 5.75 Å². The average molecular weight is 420 g/mol. The molecule has 3 aromatic rings. The van der Waals surface area contributed by atoms with Crippen LogP contribution in [-0.2, 0) is 12.6 Å². The molecule has 0 saturated heterocycles. The maximum Gasteiger partial charge on any atom is 0.420 e. The maximum atomic E-state index is 13.5. The molecule has 4 rings (SSSR count). The number of hydrogen-bond acceptors (Lipinski definition) is 5. The molecule has 0 radical (unpaired) electrons. The van der Waals surface area contributed by atoms with Crippen LogP contribution in [0.3, 0.4) is 0 Å². The fourth-order valence-corrected chi connectivity index (χ4v) is 3.89. The molecule has 0 aliphatic carbocycles. The molecule has 1 unspecified atom stereocenters. The Morgan fingerprint density at radius 1 is 1.31 bits per heavy atom. The number of alkyl halides is 3. The van der Waals surface area contributed by atoms with Crippen LogP contribution in [0.1, 0.15) is 22.7 Å². The molecule has 1 aliphatic rings. The highest BCUT2D eigenvalue weighted by Gasteiger charge is 2.41. The summed E-state index contributed by atoms with van der Waals surface area (Å²) in [5, 5.41) is 4.29. The number of rotatable bonds is 3. The summed E-state index contributed by atoms with van der Waals surface area (Å²) in [5.74, 6) is 0.0676. The van der Waals surface area contributed by atoms with Crippen LogP contribution in [0.2, 0.25) is 0 Å². The summed E-state index contributed by atoms with van der Waals surface area (Å²) in [6.07, 6.45) is -1.11. The number of amides is 2. The van der Waals surface area contributed by atoms with E-state index in [4.69, 9.17) is 4.74 Å². The summed E-state index contributed by atoms with van der Waals surface area (Å²) in [6, 6.07) is 4.75. The number of fused-ring (bicyclic) bond motifs is 1. The van der Waals surface area contributed by atoms with Crippen molar-refractivity contribution in [3.05, 3.63) is 64.2 Å². The van der Waals surface area contributed by atoms with Crippen molar-refractivity contribution in [3.8, 4) is 5.75 Å². The third-order valence-corrected chi connectivity index (χ3v) is 5.25. The third kappa shape index (κ3) is 3.63. The summed E-state index contributed by atoms with van der Waals surface area (Å²) < 4.78 is 45.6.